The van der Waals surface area contributed by atoms with Gasteiger partial charge in [0.2, 0.25) is 0 Å². The van der Waals surface area contributed by atoms with Crippen LogP contribution < -0.4 is 15.4 Å². The lowest BCUT2D eigenvalue weighted by Crippen LogP contribution is -2.49. The highest BCUT2D eigenvalue weighted by molar-refractivity contribution is 5.97. The molecule has 1 fully saturated rings. The Morgan fingerprint density at radius 1 is 1.14 bits per heavy atom. The zero-order valence-corrected chi connectivity index (χ0v) is 20.5. The number of carbonyl (C=O) groups is 2. The molecule has 0 spiro atoms. The number of nitrogens with zero attached hydrogens (tertiary/aromatic N) is 2. The topological polar surface area (TPSA) is 129 Å². The summed E-state index contributed by atoms with van der Waals surface area (Å²) in [7, 11) is 0. The molecule has 2 atom stereocenters. The van der Waals surface area contributed by atoms with Crippen LogP contribution in [0, 0.1) is 0 Å². The lowest BCUT2D eigenvalue weighted by atomic mass is 9.92. The molecule has 10 nitrogen and oxygen atoms in total. The van der Waals surface area contributed by atoms with Gasteiger partial charge in [0.15, 0.2) is 0 Å². The second kappa shape index (κ2) is 11.5. The number of H-pyrrole nitrogens is 1. The average Bonchev–Trinajstić information content (AvgIpc) is 3.48. The highest BCUT2D eigenvalue weighted by Gasteiger charge is 2.25. The number of hydrogen-bond donors (Lipinski definition) is 4. The Bertz CT molecular complexity index is 1210. The third-order valence-corrected chi connectivity index (χ3v) is 6.76. The highest BCUT2D eigenvalue weighted by Crippen LogP contribution is 2.24. The number of fused-ring (bicyclic) bond motifs is 1. The van der Waals surface area contributed by atoms with Crippen LogP contribution in [0.1, 0.15) is 37.4 Å². The van der Waals surface area contributed by atoms with Crippen LogP contribution in [0.5, 0.6) is 5.75 Å². The third kappa shape index (κ3) is 6.16. The molecule has 2 aromatic carbocycles. The van der Waals surface area contributed by atoms with E-state index in [0.717, 1.165) is 22.4 Å². The Kier molecular flexibility index (Phi) is 7.79. The van der Waals surface area contributed by atoms with Gasteiger partial charge in [0, 0.05) is 55.1 Å². The van der Waals surface area contributed by atoms with Gasteiger partial charge in [-0.15, -0.1) is 0 Å². The second-order valence-electron chi connectivity index (χ2n) is 9.28. The summed E-state index contributed by atoms with van der Waals surface area (Å²) >= 11 is 0. The van der Waals surface area contributed by atoms with E-state index in [2.05, 4.69) is 20.8 Å². The summed E-state index contributed by atoms with van der Waals surface area (Å²) in [4.78, 5) is 27.0. The van der Waals surface area contributed by atoms with Crippen LogP contribution in [0.3, 0.4) is 0 Å². The molecule has 0 radical (unpaired) electrons. The van der Waals surface area contributed by atoms with Crippen molar-refractivity contribution < 1.29 is 24.2 Å². The molecule has 2 aliphatic heterocycles. The fraction of sp³-hybridized carbons (Fsp3) is 0.370. The zero-order chi connectivity index (χ0) is 25.6. The Morgan fingerprint density at radius 2 is 1.92 bits per heavy atom. The summed E-state index contributed by atoms with van der Waals surface area (Å²) in [5.74, 6) is 0.427. The first kappa shape index (κ1) is 24.9. The summed E-state index contributed by atoms with van der Waals surface area (Å²) in [6, 6.07) is 12.4. The van der Waals surface area contributed by atoms with Gasteiger partial charge in [0.1, 0.15) is 12.4 Å². The largest absolute Gasteiger partial charge is 0.489 e. The molecule has 0 bridgehead atoms. The van der Waals surface area contributed by atoms with Crippen molar-refractivity contribution in [1.82, 2.24) is 25.7 Å². The minimum Gasteiger partial charge on any atom is -0.489 e. The van der Waals surface area contributed by atoms with Gasteiger partial charge < -0.3 is 30.1 Å². The van der Waals surface area contributed by atoms with Crippen LogP contribution in [0.4, 0.5) is 0 Å². The van der Waals surface area contributed by atoms with Crippen LogP contribution in [0.2, 0.25) is 0 Å². The van der Waals surface area contributed by atoms with Gasteiger partial charge in [-0.25, -0.2) is 0 Å². The first-order chi connectivity index (χ1) is 18.1. The van der Waals surface area contributed by atoms with Crippen molar-refractivity contribution in [2.75, 3.05) is 32.8 Å². The normalized spacial score (nSPS) is 18.1. The lowest BCUT2D eigenvalue weighted by Gasteiger charge is -2.30. The van der Waals surface area contributed by atoms with Crippen LogP contribution >= 0.6 is 0 Å². The molecule has 4 N–H and O–H groups in total. The molecule has 37 heavy (non-hydrogen) atoms. The van der Waals surface area contributed by atoms with Crippen molar-refractivity contribution >= 4 is 11.8 Å². The van der Waals surface area contributed by atoms with Crippen molar-refractivity contribution in [2.24, 2.45) is 0 Å². The summed E-state index contributed by atoms with van der Waals surface area (Å²) in [6.45, 7) is 3.38. The number of amides is 2. The molecular formula is C27H31N5O5. The van der Waals surface area contributed by atoms with Crippen molar-refractivity contribution in [3.63, 3.8) is 0 Å². The zero-order valence-electron chi connectivity index (χ0n) is 20.5. The van der Waals surface area contributed by atoms with Gasteiger partial charge in [-0.3, -0.25) is 14.7 Å². The van der Waals surface area contributed by atoms with Gasteiger partial charge in [0.05, 0.1) is 25.5 Å². The molecular weight excluding hydrogens is 474 g/mol. The number of ether oxygens (including phenoxy) is 2. The van der Waals surface area contributed by atoms with Gasteiger partial charge in [0.25, 0.3) is 11.8 Å². The first-order valence-electron chi connectivity index (χ1n) is 12.5. The van der Waals surface area contributed by atoms with E-state index in [0.29, 0.717) is 57.0 Å². The quantitative estimate of drug-likeness (QED) is 0.363. The van der Waals surface area contributed by atoms with Gasteiger partial charge in [-0.2, -0.15) is 5.10 Å². The number of nitrogens with one attached hydrogen (secondary N) is 3. The lowest BCUT2D eigenvalue weighted by molar-refractivity contribution is 0.0303. The number of aliphatic hydroxyl groups excluding tert-OH is 1. The molecule has 194 valence electrons. The Hall–Kier alpha value is -3.73. The molecule has 10 heteroatoms. The van der Waals surface area contributed by atoms with E-state index in [1.165, 1.54) is 0 Å². The number of hydrogen-bond acceptors (Lipinski definition) is 7. The molecule has 0 aliphatic carbocycles. The molecule has 3 heterocycles. The van der Waals surface area contributed by atoms with Crippen molar-refractivity contribution in [3.8, 4) is 5.75 Å². The van der Waals surface area contributed by atoms with Crippen LogP contribution in [0.25, 0.3) is 0 Å². The Labute approximate surface area is 215 Å². The third-order valence-electron chi connectivity index (χ3n) is 6.76. The summed E-state index contributed by atoms with van der Waals surface area (Å²) in [5.41, 5.74) is 4.22. The van der Waals surface area contributed by atoms with E-state index in [1.807, 2.05) is 18.2 Å². The highest BCUT2D eigenvalue weighted by atomic mass is 16.5. The van der Waals surface area contributed by atoms with Gasteiger partial charge in [-0.05, 0) is 53.9 Å². The minimum atomic E-state index is -0.753. The molecule has 0 saturated carbocycles. The second-order valence-corrected chi connectivity index (χ2v) is 9.28. The minimum absolute atomic E-state index is 0.0639. The number of rotatable bonds is 8. The van der Waals surface area contributed by atoms with Gasteiger partial charge >= 0.3 is 0 Å². The van der Waals surface area contributed by atoms with Crippen molar-refractivity contribution in [1.29, 1.82) is 0 Å². The van der Waals surface area contributed by atoms with Crippen molar-refractivity contribution in [2.45, 2.75) is 31.7 Å². The van der Waals surface area contributed by atoms with Crippen LogP contribution in [-0.4, -0.2) is 77.0 Å². The van der Waals surface area contributed by atoms with E-state index in [-0.39, 0.29) is 24.4 Å². The smallest absolute Gasteiger partial charge is 0.254 e. The molecule has 1 aromatic heterocycles. The summed E-state index contributed by atoms with van der Waals surface area (Å²) < 4.78 is 11.1. The van der Waals surface area contributed by atoms with Gasteiger partial charge in [-0.1, -0.05) is 6.07 Å². The fourth-order valence-corrected chi connectivity index (χ4v) is 4.56. The number of aliphatic hydroxyl groups is 1. The van der Waals surface area contributed by atoms with E-state index in [4.69, 9.17) is 9.47 Å². The predicted molar refractivity (Wildman–Crippen MR) is 135 cm³/mol. The maximum Gasteiger partial charge on any atom is 0.254 e. The number of morpholine rings is 1. The fourth-order valence-electron chi connectivity index (χ4n) is 4.56. The summed E-state index contributed by atoms with van der Waals surface area (Å²) in [5, 5.41) is 23.6. The molecule has 1 unspecified atom stereocenters. The monoisotopic (exact) mass is 505 g/mol. The van der Waals surface area contributed by atoms with Crippen molar-refractivity contribution in [3.05, 3.63) is 82.7 Å². The van der Waals surface area contributed by atoms with E-state index in [1.54, 1.807) is 41.6 Å². The maximum absolute atomic E-state index is 12.6. The number of aromatic amines is 1. The Morgan fingerprint density at radius 3 is 2.68 bits per heavy atom. The van der Waals surface area contributed by atoms with E-state index in [9.17, 15) is 14.7 Å². The molecule has 1 saturated heterocycles. The van der Waals surface area contributed by atoms with E-state index < -0.39 is 6.10 Å². The molecule has 3 aromatic rings. The number of benzene rings is 2. The molecule has 2 aliphatic rings. The van der Waals surface area contributed by atoms with Crippen LogP contribution in [-0.2, 0) is 24.3 Å². The van der Waals surface area contributed by atoms with E-state index >= 15 is 0 Å². The number of aromatic nitrogens is 2. The SMILES string of the molecule is O=C(NCC(O)[C@@H]1Cc2ccc(OCc3cn[nH]c3)cc2CN1)c1ccc(C(=O)N2CCOCC2)cc1. The average molecular weight is 506 g/mol. The first-order valence-corrected chi connectivity index (χ1v) is 12.5. The number of carbonyl (C=O) groups excluding carboxylic acids is 2. The molecule has 2 amide bonds. The van der Waals surface area contributed by atoms with Crippen LogP contribution in [0.15, 0.2) is 54.9 Å². The standard InChI is InChI=1S/C27H31N5O5/c33-25(16-29-26(34)19-1-3-20(4-2-19)27(35)32-7-9-36-10-8-32)24-12-21-5-6-23(11-22(21)15-28-24)37-17-18-13-30-31-14-18/h1-6,11,13-14,24-25,28,33H,7-10,12,15-17H2,(H,29,34)(H,30,31)/t24-,25?/m0/s1. The Balaban J connectivity index is 1.10. The maximum atomic E-state index is 12.6. The predicted octanol–water partition coefficient (Wildman–Crippen LogP) is 1.27. The summed E-state index contributed by atoms with van der Waals surface area (Å²) in [6.07, 6.45) is 3.42. The molecule has 5 rings (SSSR count).